The average Bonchev–Trinajstić information content (AvgIpc) is 3.19. The number of nitrogens with zero attached hydrogens (tertiary/aromatic N) is 1. The van der Waals surface area contributed by atoms with Gasteiger partial charge in [-0.3, -0.25) is 4.98 Å². The van der Waals surface area contributed by atoms with Crippen LogP contribution in [-0.2, 0) is 10.0 Å². The number of rotatable bonds is 4. The standard InChI is InChI=1S/C13H15N3O3S/c14-10-3-4-11(12-9(10)2-1-7-15-12)20(18,19)16-13(8-17)5-6-13/h1-4,7,16-17H,5-6,8,14H2. The molecule has 1 aliphatic rings. The summed E-state index contributed by atoms with van der Waals surface area (Å²) < 4.78 is 27.5. The lowest BCUT2D eigenvalue weighted by Gasteiger charge is -2.15. The molecule has 106 valence electrons. The Kier molecular flexibility index (Phi) is 2.93. The number of hydrogen-bond donors (Lipinski definition) is 3. The van der Waals surface area contributed by atoms with E-state index in [1.54, 1.807) is 18.2 Å². The minimum atomic E-state index is -3.74. The predicted molar refractivity (Wildman–Crippen MR) is 75.5 cm³/mol. The maximum atomic E-state index is 12.5. The molecule has 0 aliphatic heterocycles. The first-order valence-electron chi connectivity index (χ1n) is 6.25. The Morgan fingerprint density at radius 1 is 1.35 bits per heavy atom. The summed E-state index contributed by atoms with van der Waals surface area (Å²) in [5.41, 5.74) is 5.96. The number of aliphatic hydroxyl groups is 1. The molecule has 1 aromatic heterocycles. The fourth-order valence-corrected chi connectivity index (χ4v) is 3.78. The number of aliphatic hydroxyl groups excluding tert-OH is 1. The van der Waals surface area contributed by atoms with Gasteiger partial charge in [0.2, 0.25) is 10.0 Å². The number of fused-ring (bicyclic) bond motifs is 1. The van der Waals surface area contributed by atoms with E-state index < -0.39 is 15.6 Å². The fourth-order valence-electron chi connectivity index (χ4n) is 2.17. The van der Waals surface area contributed by atoms with Crippen LogP contribution >= 0.6 is 0 Å². The number of pyridine rings is 1. The van der Waals surface area contributed by atoms with Crippen molar-refractivity contribution in [2.45, 2.75) is 23.3 Å². The third kappa shape index (κ3) is 2.13. The minimum Gasteiger partial charge on any atom is -0.398 e. The molecular formula is C13H15N3O3S. The lowest BCUT2D eigenvalue weighted by molar-refractivity contribution is 0.246. The summed E-state index contributed by atoms with van der Waals surface area (Å²) in [6, 6.07) is 6.44. The smallest absolute Gasteiger partial charge is 0.243 e. The summed E-state index contributed by atoms with van der Waals surface area (Å²) in [6.07, 6.45) is 2.81. The zero-order chi connectivity index (χ0) is 14.4. The molecule has 1 saturated carbocycles. The highest BCUT2D eigenvalue weighted by Crippen LogP contribution is 2.37. The Morgan fingerprint density at radius 2 is 2.10 bits per heavy atom. The topological polar surface area (TPSA) is 105 Å². The molecule has 1 fully saturated rings. The van der Waals surface area contributed by atoms with Gasteiger partial charge in [0.05, 0.1) is 17.7 Å². The molecule has 0 unspecified atom stereocenters. The van der Waals surface area contributed by atoms with E-state index in [0.29, 0.717) is 29.4 Å². The van der Waals surface area contributed by atoms with Gasteiger partial charge in [-0.05, 0) is 37.1 Å². The fraction of sp³-hybridized carbons (Fsp3) is 0.308. The molecule has 2 aromatic rings. The van der Waals surface area contributed by atoms with Crippen LogP contribution in [-0.4, -0.2) is 30.7 Å². The maximum Gasteiger partial charge on any atom is 0.243 e. The van der Waals surface area contributed by atoms with Gasteiger partial charge < -0.3 is 10.8 Å². The third-order valence-corrected chi connectivity index (χ3v) is 5.17. The van der Waals surface area contributed by atoms with Gasteiger partial charge in [0.1, 0.15) is 4.90 Å². The molecule has 1 heterocycles. The SMILES string of the molecule is Nc1ccc(S(=O)(=O)NC2(CO)CC2)c2ncccc12. The number of nitrogens with one attached hydrogen (secondary N) is 1. The number of hydrogen-bond acceptors (Lipinski definition) is 5. The zero-order valence-electron chi connectivity index (χ0n) is 10.7. The summed E-state index contributed by atoms with van der Waals surface area (Å²) in [4.78, 5) is 4.21. The highest BCUT2D eigenvalue weighted by Gasteiger charge is 2.45. The maximum absolute atomic E-state index is 12.5. The number of nitrogens with two attached hydrogens (primary N) is 1. The zero-order valence-corrected chi connectivity index (χ0v) is 11.5. The molecule has 6 nitrogen and oxygen atoms in total. The minimum absolute atomic E-state index is 0.0852. The second-order valence-corrected chi connectivity index (χ2v) is 6.75. The van der Waals surface area contributed by atoms with Crippen LogP contribution < -0.4 is 10.5 Å². The molecular weight excluding hydrogens is 278 g/mol. The van der Waals surface area contributed by atoms with Gasteiger partial charge in [-0.25, -0.2) is 13.1 Å². The van der Waals surface area contributed by atoms with Crippen molar-refractivity contribution in [1.82, 2.24) is 9.71 Å². The van der Waals surface area contributed by atoms with Crippen molar-refractivity contribution >= 4 is 26.6 Å². The van der Waals surface area contributed by atoms with Gasteiger partial charge in [-0.1, -0.05) is 0 Å². The molecule has 0 spiro atoms. The van der Waals surface area contributed by atoms with E-state index in [0.717, 1.165) is 0 Å². The molecule has 0 amide bonds. The summed E-state index contributed by atoms with van der Waals surface area (Å²) in [5.74, 6) is 0. The molecule has 1 aliphatic carbocycles. The normalized spacial score (nSPS) is 17.2. The first-order chi connectivity index (χ1) is 9.47. The monoisotopic (exact) mass is 293 g/mol. The first-order valence-corrected chi connectivity index (χ1v) is 7.74. The van der Waals surface area contributed by atoms with E-state index >= 15 is 0 Å². The molecule has 3 rings (SSSR count). The van der Waals surface area contributed by atoms with Gasteiger partial charge in [-0.2, -0.15) is 0 Å². The van der Waals surface area contributed by atoms with E-state index in [9.17, 15) is 13.5 Å². The molecule has 20 heavy (non-hydrogen) atoms. The van der Waals surface area contributed by atoms with E-state index in [-0.39, 0.29) is 11.5 Å². The number of aromatic nitrogens is 1. The molecule has 0 saturated heterocycles. The van der Waals surface area contributed by atoms with Crippen molar-refractivity contribution in [1.29, 1.82) is 0 Å². The summed E-state index contributed by atoms with van der Waals surface area (Å²) in [7, 11) is -3.74. The Hall–Kier alpha value is -1.70. The number of nitrogen functional groups attached to an aromatic ring is 1. The van der Waals surface area contributed by atoms with E-state index in [1.807, 2.05) is 0 Å². The molecule has 0 atom stereocenters. The summed E-state index contributed by atoms with van der Waals surface area (Å²) in [5, 5.41) is 9.86. The highest BCUT2D eigenvalue weighted by atomic mass is 32.2. The van der Waals surface area contributed by atoms with Crippen molar-refractivity contribution in [3.8, 4) is 0 Å². The van der Waals surface area contributed by atoms with E-state index in [4.69, 9.17) is 5.73 Å². The van der Waals surface area contributed by atoms with Crippen LogP contribution in [0.15, 0.2) is 35.4 Å². The van der Waals surface area contributed by atoms with Crippen LogP contribution in [0.1, 0.15) is 12.8 Å². The quantitative estimate of drug-likeness (QED) is 0.717. The predicted octanol–water partition coefficient (Wildman–Crippen LogP) is 0.620. The van der Waals surface area contributed by atoms with Crippen LogP contribution in [0, 0.1) is 0 Å². The molecule has 0 bridgehead atoms. The summed E-state index contributed by atoms with van der Waals surface area (Å²) in [6.45, 7) is -0.202. The Labute approximate surface area is 116 Å². The number of benzene rings is 1. The van der Waals surface area contributed by atoms with Crippen molar-refractivity contribution in [2.24, 2.45) is 0 Å². The Morgan fingerprint density at radius 3 is 2.75 bits per heavy atom. The van der Waals surface area contributed by atoms with Crippen molar-refractivity contribution in [2.75, 3.05) is 12.3 Å². The van der Waals surface area contributed by atoms with Crippen LogP contribution in [0.2, 0.25) is 0 Å². The number of sulfonamides is 1. The second-order valence-electron chi connectivity index (χ2n) is 5.10. The highest BCUT2D eigenvalue weighted by molar-refractivity contribution is 7.89. The second kappa shape index (κ2) is 4.41. The molecule has 4 N–H and O–H groups in total. The van der Waals surface area contributed by atoms with Crippen LogP contribution in [0.25, 0.3) is 10.9 Å². The molecule has 1 aromatic carbocycles. The Bertz CT molecular complexity index is 770. The van der Waals surface area contributed by atoms with Gasteiger partial charge in [0.25, 0.3) is 0 Å². The summed E-state index contributed by atoms with van der Waals surface area (Å²) >= 11 is 0. The van der Waals surface area contributed by atoms with Crippen molar-refractivity contribution < 1.29 is 13.5 Å². The van der Waals surface area contributed by atoms with Gasteiger partial charge in [0.15, 0.2) is 0 Å². The molecule has 7 heteroatoms. The average molecular weight is 293 g/mol. The lowest BCUT2D eigenvalue weighted by Crippen LogP contribution is -2.39. The van der Waals surface area contributed by atoms with Gasteiger partial charge >= 0.3 is 0 Å². The molecule has 0 radical (unpaired) electrons. The third-order valence-electron chi connectivity index (χ3n) is 3.56. The van der Waals surface area contributed by atoms with E-state index in [1.165, 1.54) is 12.3 Å². The number of anilines is 1. The lowest BCUT2D eigenvalue weighted by atomic mass is 10.2. The Balaban J connectivity index is 2.12. The van der Waals surface area contributed by atoms with Crippen LogP contribution in [0.3, 0.4) is 0 Å². The first kappa shape index (κ1) is 13.3. The largest absolute Gasteiger partial charge is 0.398 e. The van der Waals surface area contributed by atoms with E-state index in [2.05, 4.69) is 9.71 Å². The van der Waals surface area contributed by atoms with Gasteiger partial charge in [0, 0.05) is 17.3 Å². The van der Waals surface area contributed by atoms with Crippen molar-refractivity contribution in [3.05, 3.63) is 30.5 Å². The van der Waals surface area contributed by atoms with Crippen molar-refractivity contribution in [3.63, 3.8) is 0 Å². The van der Waals surface area contributed by atoms with Gasteiger partial charge in [-0.15, -0.1) is 0 Å². The van der Waals surface area contributed by atoms with Crippen LogP contribution in [0.4, 0.5) is 5.69 Å². The van der Waals surface area contributed by atoms with Crippen LogP contribution in [0.5, 0.6) is 0 Å².